The van der Waals surface area contributed by atoms with Gasteiger partial charge in [0.2, 0.25) is 0 Å². The summed E-state index contributed by atoms with van der Waals surface area (Å²) in [6, 6.07) is 0.556. The lowest BCUT2D eigenvalue weighted by Gasteiger charge is -2.58. The van der Waals surface area contributed by atoms with Crippen LogP contribution in [0.5, 0.6) is 0 Å². The van der Waals surface area contributed by atoms with Crippen LogP contribution in [-0.4, -0.2) is 29.6 Å². The van der Waals surface area contributed by atoms with E-state index in [4.69, 9.17) is 0 Å². The monoisotopic (exact) mass is 369 g/mol. The van der Waals surface area contributed by atoms with Crippen LogP contribution >= 0.6 is 0 Å². The van der Waals surface area contributed by atoms with Crippen LogP contribution in [-0.2, 0) is 4.79 Å². The van der Waals surface area contributed by atoms with E-state index in [0.717, 1.165) is 25.8 Å². The lowest BCUT2D eigenvalue weighted by Crippen LogP contribution is -2.55. The van der Waals surface area contributed by atoms with Crippen LogP contribution in [0.15, 0.2) is 23.3 Å². The molecule has 1 aliphatic heterocycles. The minimum Gasteiger partial charge on any atom is -0.389 e. The number of carbonyl (C=O) groups excluding carboxylic acids is 1. The van der Waals surface area contributed by atoms with Gasteiger partial charge in [0.15, 0.2) is 0 Å². The first-order chi connectivity index (χ1) is 12.9. The molecule has 3 fully saturated rings. The highest BCUT2D eigenvalue weighted by Gasteiger charge is 2.59. The minimum atomic E-state index is -0.374. The molecular weight excluding hydrogens is 334 g/mol. The molecule has 0 amide bonds. The van der Waals surface area contributed by atoms with Crippen molar-refractivity contribution < 1.29 is 9.90 Å². The van der Waals surface area contributed by atoms with Crippen LogP contribution < -0.4 is 5.32 Å². The summed E-state index contributed by atoms with van der Waals surface area (Å²) < 4.78 is 0. The Balaban J connectivity index is 1.47. The number of fused-ring (bicyclic) bond motifs is 5. The van der Waals surface area contributed by atoms with E-state index in [9.17, 15) is 9.90 Å². The number of aliphatic hydroxyl groups is 1. The van der Waals surface area contributed by atoms with Crippen molar-refractivity contribution in [1.29, 1.82) is 0 Å². The Morgan fingerprint density at radius 1 is 1.11 bits per heavy atom. The van der Waals surface area contributed by atoms with Gasteiger partial charge in [-0.05, 0) is 73.7 Å². The number of hydrogen-bond acceptors (Lipinski definition) is 3. The number of allylic oxidation sites excluding steroid dienone is 2. The fourth-order valence-corrected chi connectivity index (χ4v) is 7.73. The van der Waals surface area contributed by atoms with E-state index < -0.39 is 0 Å². The molecule has 0 radical (unpaired) electrons. The normalized spacial score (nSPS) is 49.6. The number of Topliss-reactive ketones (excluding diaryl/α,β-unsaturated/α-hetero) is 1. The molecule has 5 aliphatic rings. The molecule has 7 atom stereocenters. The number of aliphatic hydroxyl groups excluding tert-OH is 1. The zero-order chi connectivity index (χ0) is 18.8. The van der Waals surface area contributed by atoms with Crippen molar-refractivity contribution in [2.24, 2.45) is 28.6 Å². The van der Waals surface area contributed by atoms with E-state index in [0.29, 0.717) is 36.0 Å². The first-order valence-electron chi connectivity index (χ1n) is 11.3. The molecule has 3 heteroatoms. The van der Waals surface area contributed by atoms with Crippen LogP contribution in [0.4, 0.5) is 0 Å². The molecule has 148 valence electrons. The number of nitrogens with one attached hydrogen (secondary N) is 1. The summed E-state index contributed by atoms with van der Waals surface area (Å²) in [7, 11) is 0. The van der Waals surface area contributed by atoms with E-state index in [1.165, 1.54) is 37.7 Å². The molecule has 0 aromatic rings. The third kappa shape index (κ3) is 2.57. The fourth-order valence-electron chi connectivity index (χ4n) is 7.73. The number of carbonyl (C=O) groups is 1. The summed E-state index contributed by atoms with van der Waals surface area (Å²) in [4.78, 5) is 12.0. The van der Waals surface area contributed by atoms with Gasteiger partial charge in [0, 0.05) is 18.9 Å². The van der Waals surface area contributed by atoms with Gasteiger partial charge in [-0.1, -0.05) is 43.6 Å². The van der Waals surface area contributed by atoms with Gasteiger partial charge in [-0.2, -0.15) is 0 Å². The molecule has 2 N–H and O–H groups in total. The number of ketones is 1. The molecule has 1 unspecified atom stereocenters. The maximum absolute atomic E-state index is 12.0. The van der Waals surface area contributed by atoms with Crippen molar-refractivity contribution >= 4 is 5.78 Å². The highest BCUT2D eigenvalue weighted by Crippen LogP contribution is 2.65. The molecule has 3 nitrogen and oxygen atoms in total. The fraction of sp³-hybridized carbons (Fsp3) is 0.792. The third-order valence-corrected chi connectivity index (χ3v) is 9.29. The lowest BCUT2D eigenvalue weighted by atomic mass is 9.46. The molecule has 0 bridgehead atoms. The second-order valence-electron chi connectivity index (χ2n) is 10.5. The van der Waals surface area contributed by atoms with Gasteiger partial charge in [-0.25, -0.2) is 0 Å². The molecule has 5 rings (SSSR count). The Hall–Kier alpha value is -0.930. The Kier molecular flexibility index (Phi) is 4.22. The zero-order valence-corrected chi connectivity index (χ0v) is 17.0. The van der Waals surface area contributed by atoms with Gasteiger partial charge < -0.3 is 10.4 Å². The largest absolute Gasteiger partial charge is 0.389 e. The average molecular weight is 370 g/mol. The van der Waals surface area contributed by atoms with Gasteiger partial charge in [0.25, 0.3) is 0 Å². The number of hydrogen-bond donors (Lipinski definition) is 2. The Morgan fingerprint density at radius 2 is 1.96 bits per heavy atom. The summed E-state index contributed by atoms with van der Waals surface area (Å²) in [5.41, 5.74) is 3.27. The van der Waals surface area contributed by atoms with Crippen LogP contribution in [0.2, 0.25) is 0 Å². The smallest absolute Gasteiger partial charge is 0.136 e. The SMILES string of the molecule is C[C@]12CCC(=O)CC1=C[C@H](O)[C@@H]1[C@@H]2CC[C@]2(C)C(C3CCCCN3)=CC[C@@H]12. The maximum Gasteiger partial charge on any atom is 0.136 e. The highest BCUT2D eigenvalue weighted by atomic mass is 16.3. The summed E-state index contributed by atoms with van der Waals surface area (Å²) >= 11 is 0. The summed E-state index contributed by atoms with van der Waals surface area (Å²) in [5.74, 6) is 1.80. The van der Waals surface area contributed by atoms with Gasteiger partial charge in [0.05, 0.1) is 6.10 Å². The Bertz CT molecular complexity index is 703. The number of piperidine rings is 1. The lowest BCUT2D eigenvalue weighted by molar-refractivity contribution is -0.123. The predicted octanol–water partition coefficient (Wildman–Crippen LogP) is 4.17. The second-order valence-corrected chi connectivity index (χ2v) is 10.5. The maximum atomic E-state index is 12.0. The minimum absolute atomic E-state index is 0.130. The number of rotatable bonds is 1. The molecule has 4 aliphatic carbocycles. The van der Waals surface area contributed by atoms with Crippen molar-refractivity contribution in [3.05, 3.63) is 23.3 Å². The van der Waals surface area contributed by atoms with E-state index in [1.54, 1.807) is 5.57 Å². The molecule has 1 heterocycles. The average Bonchev–Trinajstić information content (AvgIpc) is 3.01. The Labute approximate surface area is 163 Å². The van der Waals surface area contributed by atoms with Crippen molar-refractivity contribution in [3.8, 4) is 0 Å². The van der Waals surface area contributed by atoms with Crippen LogP contribution in [0.1, 0.15) is 71.6 Å². The molecule has 2 saturated carbocycles. The third-order valence-electron chi connectivity index (χ3n) is 9.29. The summed E-state index contributed by atoms with van der Waals surface area (Å²) in [5, 5.41) is 15.0. The van der Waals surface area contributed by atoms with Crippen LogP contribution in [0.25, 0.3) is 0 Å². The van der Waals surface area contributed by atoms with Crippen molar-refractivity contribution in [1.82, 2.24) is 5.32 Å². The summed E-state index contributed by atoms with van der Waals surface area (Å²) in [6.07, 6.45) is 14.0. The van der Waals surface area contributed by atoms with Gasteiger partial charge >= 0.3 is 0 Å². The van der Waals surface area contributed by atoms with Crippen molar-refractivity contribution in [3.63, 3.8) is 0 Å². The standard InChI is InChI=1S/C24H35NO2/c1-23-10-8-16(26)13-15(23)14-21(27)22-18-7-6-17(20-5-3-4-12-25-20)24(18,2)11-9-19(22)23/h6,14,18-22,25,27H,3-5,7-13H2,1-2H3/t18-,19-,20?,21-,22-,23-,24+/m0/s1. The van der Waals surface area contributed by atoms with Gasteiger partial charge in [0.1, 0.15) is 5.78 Å². The first kappa shape index (κ1) is 18.1. The van der Waals surface area contributed by atoms with Crippen molar-refractivity contribution in [2.45, 2.75) is 83.8 Å². The highest BCUT2D eigenvalue weighted by molar-refractivity contribution is 5.82. The van der Waals surface area contributed by atoms with Crippen LogP contribution in [0.3, 0.4) is 0 Å². The Morgan fingerprint density at radius 3 is 2.74 bits per heavy atom. The van der Waals surface area contributed by atoms with E-state index >= 15 is 0 Å². The molecule has 0 spiro atoms. The van der Waals surface area contributed by atoms with Gasteiger partial charge in [-0.3, -0.25) is 4.79 Å². The predicted molar refractivity (Wildman–Crippen MR) is 107 cm³/mol. The molecular formula is C24H35NO2. The molecule has 27 heavy (non-hydrogen) atoms. The molecule has 0 aromatic heterocycles. The molecule has 0 aromatic carbocycles. The zero-order valence-electron chi connectivity index (χ0n) is 17.0. The topological polar surface area (TPSA) is 49.3 Å². The van der Waals surface area contributed by atoms with E-state index in [1.807, 2.05) is 0 Å². The van der Waals surface area contributed by atoms with E-state index in [-0.39, 0.29) is 16.9 Å². The van der Waals surface area contributed by atoms with Crippen LogP contribution in [0, 0.1) is 28.6 Å². The quantitative estimate of drug-likeness (QED) is 0.682. The summed E-state index contributed by atoms with van der Waals surface area (Å²) in [6.45, 7) is 6.03. The van der Waals surface area contributed by atoms with E-state index in [2.05, 4.69) is 31.3 Å². The second kappa shape index (κ2) is 6.29. The first-order valence-corrected chi connectivity index (χ1v) is 11.3. The van der Waals surface area contributed by atoms with Crippen molar-refractivity contribution in [2.75, 3.05) is 6.54 Å². The molecule has 1 saturated heterocycles. The van der Waals surface area contributed by atoms with Gasteiger partial charge in [-0.15, -0.1) is 0 Å².